The monoisotopic (exact) mass is 541 g/mol. The fourth-order valence-electron chi connectivity index (χ4n) is 4.40. The van der Waals surface area contributed by atoms with Crippen LogP contribution in [0.5, 0.6) is 0 Å². The van der Waals surface area contributed by atoms with Gasteiger partial charge in [-0.25, -0.2) is 9.78 Å². The van der Waals surface area contributed by atoms with Crippen LogP contribution >= 0.6 is 23.2 Å². The van der Waals surface area contributed by atoms with Gasteiger partial charge in [0.25, 0.3) is 5.91 Å². The molecule has 4 rings (SSSR count). The second-order valence-electron chi connectivity index (χ2n) is 9.13. The molecule has 194 valence electrons. The molecule has 3 N–H and O–H groups in total. The maximum absolute atomic E-state index is 12.6. The van der Waals surface area contributed by atoms with Crippen LogP contribution in [0.4, 0.5) is 5.82 Å². The van der Waals surface area contributed by atoms with Gasteiger partial charge < -0.3 is 20.5 Å². The maximum atomic E-state index is 12.6. The van der Waals surface area contributed by atoms with E-state index in [-0.39, 0.29) is 28.1 Å². The van der Waals surface area contributed by atoms with Crippen molar-refractivity contribution in [3.8, 4) is 0 Å². The molecule has 1 fully saturated rings. The van der Waals surface area contributed by atoms with E-state index in [1.54, 1.807) is 12.3 Å². The third kappa shape index (κ3) is 7.68. The number of anilines is 1. The number of carbonyl (C=O) groups is 2. The molecule has 1 aliphatic rings. The molecular formula is C28H29Cl2N3O4. The van der Waals surface area contributed by atoms with E-state index in [1.165, 1.54) is 12.1 Å². The zero-order valence-corrected chi connectivity index (χ0v) is 21.7. The van der Waals surface area contributed by atoms with E-state index in [0.717, 1.165) is 42.6 Å². The first kappa shape index (κ1) is 26.9. The quantitative estimate of drug-likeness (QED) is 0.302. The zero-order valence-electron chi connectivity index (χ0n) is 20.2. The van der Waals surface area contributed by atoms with E-state index in [4.69, 9.17) is 27.9 Å². The van der Waals surface area contributed by atoms with Crippen LogP contribution in [0, 0.1) is 0 Å². The van der Waals surface area contributed by atoms with Crippen molar-refractivity contribution in [1.29, 1.82) is 0 Å². The van der Waals surface area contributed by atoms with Crippen molar-refractivity contribution >= 4 is 40.9 Å². The minimum absolute atomic E-state index is 0.0612. The molecule has 0 saturated heterocycles. The number of carboxylic acid groups (broad SMARTS) is 1. The number of carboxylic acids is 1. The number of nitrogens with one attached hydrogen (secondary N) is 2. The van der Waals surface area contributed by atoms with E-state index in [9.17, 15) is 14.7 Å². The molecule has 1 saturated carbocycles. The largest absolute Gasteiger partial charge is 0.480 e. The Hall–Kier alpha value is -3.13. The number of rotatable bonds is 10. The zero-order chi connectivity index (χ0) is 26.2. The van der Waals surface area contributed by atoms with Crippen molar-refractivity contribution in [2.75, 3.05) is 5.32 Å². The third-order valence-corrected chi connectivity index (χ3v) is 7.06. The van der Waals surface area contributed by atoms with Gasteiger partial charge in [0.2, 0.25) is 0 Å². The van der Waals surface area contributed by atoms with Gasteiger partial charge in [-0.3, -0.25) is 4.79 Å². The lowest BCUT2D eigenvalue weighted by Crippen LogP contribution is -2.42. The van der Waals surface area contributed by atoms with E-state index in [0.29, 0.717) is 12.6 Å². The molecule has 1 aromatic heterocycles. The normalized spacial score (nSPS) is 18.1. The van der Waals surface area contributed by atoms with Crippen molar-refractivity contribution in [2.45, 2.75) is 56.9 Å². The van der Waals surface area contributed by atoms with Crippen LogP contribution in [0.25, 0.3) is 0 Å². The summed E-state index contributed by atoms with van der Waals surface area (Å²) in [4.78, 5) is 28.8. The number of benzene rings is 2. The van der Waals surface area contributed by atoms with Crippen LogP contribution < -0.4 is 10.6 Å². The molecule has 1 heterocycles. The number of nitrogens with zero attached hydrogens (tertiary/aromatic N) is 1. The number of hydrogen-bond acceptors (Lipinski definition) is 5. The minimum Gasteiger partial charge on any atom is -0.480 e. The molecule has 0 bridgehead atoms. The van der Waals surface area contributed by atoms with E-state index in [2.05, 4.69) is 15.6 Å². The van der Waals surface area contributed by atoms with Crippen LogP contribution in [0.1, 0.15) is 47.2 Å². The molecule has 3 aromatic rings. The number of carbonyl (C=O) groups excluding carboxylic acids is 1. The SMILES string of the molecule is O=C(NC(Cc1ccc(COC2CCC(Nc3ccccn3)CC2)cc1)C(=O)O)c1c(Cl)cccc1Cl. The molecule has 1 unspecified atom stereocenters. The number of aromatic nitrogens is 1. The Labute approximate surface area is 226 Å². The summed E-state index contributed by atoms with van der Waals surface area (Å²) in [6.45, 7) is 0.493. The van der Waals surface area contributed by atoms with Crippen LogP contribution in [0.3, 0.4) is 0 Å². The van der Waals surface area contributed by atoms with Gasteiger partial charge in [-0.15, -0.1) is 0 Å². The van der Waals surface area contributed by atoms with Crippen molar-refractivity contribution in [1.82, 2.24) is 10.3 Å². The summed E-state index contributed by atoms with van der Waals surface area (Å²) in [6, 6.07) is 17.4. The van der Waals surface area contributed by atoms with Gasteiger partial charge in [-0.1, -0.05) is 59.6 Å². The number of aliphatic carboxylic acids is 1. The number of hydrogen-bond donors (Lipinski definition) is 3. The molecule has 1 amide bonds. The van der Waals surface area contributed by atoms with Gasteiger partial charge in [0.1, 0.15) is 11.9 Å². The van der Waals surface area contributed by atoms with Crippen molar-refractivity contribution in [2.24, 2.45) is 0 Å². The Bertz CT molecular complexity index is 1180. The highest BCUT2D eigenvalue weighted by atomic mass is 35.5. The summed E-state index contributed by atoms with van der Waals surface area (Å²) in [7, 11) is 0. The highest BCUT2D eigenvalue weighted by Gasteiger charge is 2.24. The molecule has 7 nitrogen and oxygen atoms in total. The van der Waals surface area contributed by atoms with Gasteiger partial charge in [-0.05, 0) is 61.1 Å². The summed E-state index contributed by atoms with van der Waals surface area (Å²) in [6.07, 6.45) is 6.15. The Kier molecular flexibility index (Phi) is 9.39. The first-order valence-corrected chi connectivity index (χ1v) is 13.0. The molecule has 9 heteroatoms. The van der Waals surface area contributed by atoms with E-state index >= 15 is 0 Å². The Balaban J connectivity index is 1.25. The first-order chi connectivity index (χ1) is 17.9. The minimum atomic E-state index is -1.14. The van der Waals surface area contributed by atoms with Crippen LogP contribution in [-0.4, -0.2) is 40.2 Å². The maximum Gasteiger partial charge on any atom is 0.326 e. The average Bonchev–Trinajstić information content (AvgIpc) is 2.89. The second-order valence-corrected chi connectivity index (χ2v) is 9.94. The van der Waals surface area contributed by atoms with Gasteiger partial charge in [0, 0.05) is 18.7 Å². The lowest BCUT2D eigenvalue weighted by molar-refractivity contribution is -0.139. The molecule has 0 radical (unpaired) electrons. The molecule has 0 spiro atoms. The highest BCUT2D eigenvalue weighted by molar-refractivity contribution is 6.39. The standard InChI is InChI=1S/C28H29Cl2N3O4/c29-22-4-3-5-23(30)26(22)27(34)33-24(28(35)36)16-18-7-9-19(10-8-18)17-37-21-13-11-20(12-14-21)32-25-6-1-2-15-31-25/h1-10,15,20-21,24H,11-14,16-17H2,(H,31,32)(H,33,34)(H,35,36). The fraction of sp³-hybridized carbons (Fsp3) is 0.321. The van der Waals surface area contributed by atoms with E-state index < -0.39 is 17.9 Å². The molecule has 1 atom stereocenters. The highest BCUT2D eigenvalue weighted by Crippen LogP contribution is 2.25. The number of halogens is 2. The fourth-order valence-corrected chi connectivity index (χ4v) is 4.97. The molecule has 1 aliphatic carbocycles. The van der Waals surface area contributed by atoms with Crippen LogP contribution in [-0.2, 0) is 22.6 Å². The molecular weight excluding hydrogens is 513 g/mol. The Morgan fingerprint density at radius 1 is 0.946 bits per heavy atom. The lowest BCUT2D eigenvalue weighted by atomic mass is 9.93. The molecule has 0 aliphatic heterocycles. The first-order valence-electron chi connectivity index (χ1n) is 12.2. The summed E-state index contributed by atoms with van der Waals surface area (Å²) in [5, 5.41) is 16.0. The summed E-state index contributed by atoms with van der Waals surface area (Å²) >= 11 is 12.2. The number of pyridine rings is 1. The number of amides is 1. The third-order valence-electron chi connectivity index (χ3n) is 6.43. The van der Waals surface area contributed by atoms with Crippen molar-refractivity contribution in [3.63, 3.8) is 0 Å². The smallest absolute Gasteiger partial charge is 0.326 e. The predicted octanol–water partition coefficient (Wildman–Crippen LogP) is 5.75. The van der Waals surface area contributed by atoms with Crippen LogP contribution in [0.2, 0.25) is 10.0 Å². The van der Waals surface area contributed by atoms with Crippen molar-refractivity contribution in [3.05, 3.63) is 93.6 Å². The van der Waals surface area contributed by atoms with Gasteiger partial charge in [0.15, 0.2) is 0 Å². The Morgan fingerprint density at radius 3 is 2.24 bits per heavy atom. The van der Waals surface area contributed by atoms with Gasteiger partial charge >= 0.3 is 5.97 Å². The average molecular weight is 542 g/mol. The van der Waals surface area contributed by atoms with E-state index in [1.807, 2.05) is 42.5 Å². The molecule has 37 heavy (non-hydrogen) atoms. The van der Waals surface area contributed by atoms with Crippen molar-refractivity contribution < 1.29 is 19.4 Å². The topological polar surface area (TPSA) is 101 Å². The van der Waals surface area contributed by atoms with Gasteiger partial charge in [-0.2, -0.15) is 0 Å². The summed E-state index contributed by atoms with van der Waals surface area (Å²) in [5.74, 6) is -0.862. The second kappa shape index (κ2) is 12.9. The van der Waals surface area contributed by atoms with Gasteiger partial charge in [0.05, 0.1) is 28.3 Å². The Morgan fingerprint density at radius 2 is 1.62 bits per heavy atom. The summed E-state index contributed by atoms with van der Waals surface area (Å²) < 4.78 is 6.13. The molecule has 2 aromatic carbocycles. The summed E-state index contributed by atoms with van der Waals surface area (Å²) in [5.41, 5.74) is 1.85. The number of ether oxygens (including phenoxy) is 1. The van der Waals surface area contributed by atoms with Crippen LogP contribution in [0.15, 0.2) is 66.9 Å². The predicted molar refractivity (Wildman–Crippen MR) is 144 cm³/mol. The lowest BCUT2D eigenvalue weighted by Gasteiger charge is -2.29.